The quantitative estimate of drug-likeness (QED) is 0.734. The number of para-hydroxylation sites is 1. The largest absolute Gasteiger partial charge is 0.376 e. The molecule has 0 heterocycles. The molecule has 1 aromatic carbocycles. The Bertz CT molecular complexity index is 367. The van der Waals surface area contributed by atoms with E-state index in [0.717, 1.165) is 5.69 Å². The molecular formula is C13H16N2O. The van der Waals surface area contributed by atoms with Crippen LogP contribution in [0.25, 0.3) is 0 Å². The van der Waals surface area contributed by atoms with Gasteiger partial charge in [0.2, 0.25) is 5.91 Å². The third-order valence-corrected chi connectivity index (χ3v) is 2.06. The van der Waals surface area contributed by atoms with Crippen molar-refractivity contribution in [1.82, 2.24) is 5.32 Å². The summed E-state index contributed by atoms with van der Waals surface area (Å²) in [4.78, 5) is 11.5. The first-order valence-electron chi connectivity index (χ1n) is 5.24. The van der Waals surface area contributed by atoms with Gasteiger partial charge < -0.3 is 10.6 Å². The van der Waals surface area contributed by atoms with Gasteiger partial charge in [-0.2, -0.15) is 0 Å². The lowest BCUT2D eigenvalue weighted by Gasteiger charge is -2.11. The monoisotopic (exact) mass is 216 g/mol. The summed E-state index contributed by atoms with van der Waals surface area (Å²) in [6.45, 7) is 2.15. The number of benzene rings is 1. The van der Waals surface area contributed by atoms with Gasteiger partial charge in [-0.15, -0.1) is 12.3 Å². The third kappa shape index (κ3) is 4.52. The number of hydrogen-bond acceptors (Lipinski definition) is 2. The number of rotatable bonds is 5. The molecule has 0 aromatic heterocycles. The van der Waals surface area contributed by atoms with E-state index in [1.807, 2.05) is 37.3 Å². The third-order valence-electron chi connectivity index (χ3n) is 2.06. The van der Waals surface area contributed by atoms with E-state index >= 15 is 0 Å². The van der Waals surface area contributed by atoms with Gasteiger partial charge in [0.25, 0.3) is 0 Å². The Balaban J connectivity index is 2.28. The smallest absolute Gasteiger partial charge is 0.239 e. The van der Waals surface area contributed by atoms with E-state index in [2.05, 4.69) is 16.6 Å². The van der Waals surface area contributed by atoms with Crippen molar-refractivity contribution in [2.75, 3.05) is 11.9 Å². The number of anilines is 1. The summed E-state index contributed by atoms with van der Waals surface area (Å²) in [5.41, 5.74) is 0.933. The van der Waals surface area contributed by atoms with Crippen LogP contribution in [-0.4, -0.2) is 18.5 Å². The van der Waals surface area contributed by atoms with Crippen LogP contribution in [0.5, 0.6) is 0 Å². The van der Waals surface area contributed by atoms with Crippen LogP contribution in [0.3, 0.4) is 0 Å². The zero-order valence-electron chi connectivity index (χ0n) is 9.36. The highest BCUT2D eigenvalue weighted by molar-refractivity contribution is 5.80. The fourth-order valence-corrected chi connectivity index (χ4v) is 1.29. The molecule has 0 aliphatic rings. The molecule has 0 fully saturated rings. The molecule has 0 bridgehead atoms. The molecular weight excluding hydrogens is 200 g/mol. The normalized spacial score (nSPS) is 11.2. The average Bonchev–Trinajstić information content (AvgIpc) is 2.28. The topological polar surface area (TPSA) is 41.1 Å². The van der Waals surface area contributed by atoms with Crippen molar-refractivity contribution in [1.29, 1.82) is 0 Å². The maximum absolute atomic E-state index is 11.5. The van der Waals surface area contributed by atoms with Crippen LogP contribution in [0.2, 0.25) is 0 Å². The summed E-state index contributed by atoms with van der Waals surface area (Å²) < 4.78 is 0. The van der Waals surface area contributed by atoms with Crippen LogP contribution in [0.4, 0.5) is 5.69 Å². The Hall–Kier alpha value is -1.95. The number of amides is 1. The highest BCUT2D eigenvalue weighted by atomic mass is 16.1. The van der Waals surface area contributed by atoms with Crippen molar-refractivity contribution in [3.05, 3.63) is 30.3 Å². The molecule has 1 unspecified atom stereocenters. The Morgan fingerprint density at radius 2 is 2.12 bits per heavy atom. The van der Waals surface area contributed by atoms with Crippen molar-refractivity contribution in [3.63, 3.8) is 0 Å². The van der Waals surface area contributed by atoms with Crippen molar-refractivity contribution in [2.45, 2.75) is 19.4 Å². The van der Waals surface area contributed by atoms with E-state index in [0.29, 0.717) is 6.42 Å². The SMILES string of the molecule is C#CCC(C)NC(=O)CNc1ccccc1. The van der Waals surface area contributed by atoms with Gasteiger partial charge in [-0.05, 0) is 19.1 Å². The van der Waals surface area contributed by atoms with Gasteiger partial charge in [-0.3, -0.25) is 4.79 Å². The van der Waals surface area contributed by atoms with Crippen molar-refractivity contribution in [2.24, 2.45) is 0 Å². The number of hydrogen-bond donors (Lipinski definition) is 2. The molecule has 1 rings (SSSR count). The second kappa shape index (κ2) is 6.52. The highest BCUT2D eigenvalue weighted by Gasteiger charge is 2.05. The zero-order valence-corrected chi connectivity index (χ0v) is 9.36. The van der Waals surface area contributed by atoms with Crippen LogP contribution in [0.15, 0.2) is 30.3 Å². The molecule has 1 atom stereocenters. The van der Waals surface area contributed by atoms with E-state index in [1.165, 1.54) is 0 Å². The molecule has 84 valence electrons. The van der Waals surface area contributed by atoms with Crippen LogP contribution in [-0.2, 0) is 4.79 Å². The molecule has 2 N–H and O–H groups in total. The van der Waals surface area contributed by atoms with E-state index in [4.69, 9.17) is 6.42 Å². The second-order valence-electron chi connectivity index (χ2n) is 3.60. The van der Waals surface area contributed by atoms with Crippen molar-refractivity contribution >= 4 is 11.6 Å². The number of carbonyl (C=O) groups is 1. The lowest BCUT2D eigenvalue weighted by molar-refractivity contribution is -0.119. The summed E-state index contributed by atoms with van der Waals surface area (Å²) >= 11 is 0. The average molecular weight is 216 g/mol. The minimum Gasteiger partial charge on any atom is -0.376 e. The Morgan fingerprint density at radius 3 is 2.75 bits per heavy atom. The molecule has 0 radical (unpaired) electrons. The van der Waals surface area contributed by atoms with E-state index in [9.17, 15) is 4.79 Å². The predicted octanol–water partition coefficient (Wildman–Crippen LogP) is 1.63. The van der Waals surface area contributed by atoms with E-state index in [1.54, 1.807) is 0 Å². The van der Waals surface area contributed by atoms with Gasteiger partial charge in [-0.25, -0.2) is 0 Å². The molecule has 16 heavy (non-hydrogen) atoms. The minimum absolute atomic E-state index is 0.0232. The zero-order chi connectivity index (χ0) is 11.8. The van der Waals surface area contributed by atoms with Gasteiger partial charge in [-0.1, -0.05) is 18.2 Å². The molecule has 0 spiro atoms. The molecule has 0 saturated heterocycles. The first kappa shape index (κ1) is 12.1. The maximum Gasteiger partial charge on any atom is 0.239 e. The summed E-state index contributed by atoms with van der Waals surface area (Å²) in [7, 11) is 0. The maximum atomic E-state index is 11.5. The highest BCUT2D eigenvalue weighted by Crippen LogP contribution is 2.03. The minimum atomic E-state index is -0.0494. The van der Waals surface area contributed by atoms with E-state index in [-0.39, 0.29) is 18.5 Å². The summed E-state index contributed by atoms with van der Waals surface area (Å²) in [5, 5.41) is 5.84. The molecule has 1 aromatic rings. The second-order valence-corrected chi connectivity index (χ2v) is 3.60. The molecule has 0 aliphatic heterocycles. The molecule has 1 amide bonds. The van der Waals surface area contributed by atoms with Crippen LogP contribution < -0.4 is 10.6 Å². The van der Waals surface area contributed by atoms with Gasteiger partial charge in [0.15, 0.2) is 0 Å². The van der Waals surface area contributed by atoms with Crippen molar-refractivity contribution < 1.29 is 4.79 Å². The Morgan fingerprint density at radius 1 is 1.44 bits per heavy atom. The molecule has 3 heteroatoms. The van der Waals surface area contributed by atoms with E-state index < -0.39 is 0 Å². The molecule has 0 saturated carbocycles. The Kier molecular flexibility index (Phi) is 4.94. The van der Waals surface area contributed by atoms with Crippen molar-refractivity contribution in [3.8, 4) is 12.3 Å². The van der Waals surface area contributed by atoms with Crippen LogP contribution >= 0.6 is 0 Å². The number of nitrogens with one attached hydrogen (secondary N) is 2. The lowest BCUT2D eigenvalue weighted by Crippen LogP contribution is -2.36. The standard InChI is InChI=1S/C13H16N2O/c1-3-7-11(2)15-13(16)10-14-12-8-5-4-6-9-12/h1,4-6,8-9,11,14H,7,10H2,2H3,(H,15,16). The number of terminal acetylenes is 1. The Labute approximate surface area is 96.2 Å². The first-order valence-corrected chi connectivity index (χ1v) is 5.24. The molecule has 3 nitrogen and oxygen atoms in total. The summed E-state index contributed by atoms with van der Waals surface area (Å²) in [6, 6.07) is 9.62. The van der Waals surface area contributed by atoms with Crippen LogP contribution in [0, 0.1) is 12.3 Å². The van der Waals surface area contributed by atoms with Gasteiger partial charge >= 0.3 is 0 Å². The first-order chi connectivity index (χ1) is 7.72. The van der Waals surface area contributed by atoms with Gasteiger partial charge in [0.1, 0.15) is 0 Å². The van der Waals surface area contributed by atoms with Crippen LogP contribution in [0.1, 0.15) is 13.3 Å². The van der Waals surface area contributed by atoms with Gasteiger partial charge in [0, 0.05) is 18.2 Å². The lowest BCUT2D eigenvalue weighted by atomic mass is 10.2. The number of carbonyl (C=O) groups excluding carboxylic acids is 1. The summed E-state index contributed by atoms with van der Waals surface area (Å²) in [5.74, 6) is 2.46. The fourth-order valence-electron chi connectivity index (χ4n) is 1.29. The fraction of sp³-hybridized carbons (Fsp3) is 0.308. The summed E-state index contributed by atoms with van der Waals surface area (Å²) in [6.07, 6.45) is 5.71. The predicted molar refractivity (Wildman–Crippen MR) is 66.0 cm³/mol. The molecule has 0 aliphatic carbocycles. The van der Waals surface area contributed by atoms with Gasteiger partial charge in [0.05, 0.1) is 6.54 Å².